The number of anilines is 1. The molecule has 1 aromatic rings. The number of halogens is 1. The summed E-state index contributed by atoms with van der Waals surface area (Å²) in [6.45, 7) is 7.55. The molecule has 0 aromatic carbocycles. The lowest BCUT2D eigenvalue weighted by Gasteiger charge is -2.09. The number of nitrogens with two attached hydrogens (primary N) is 1. The number of carbonyl (C=O) groups excluding carboxylic acids is 2. The summed E-state index contributed by atoms with van der Waals surface area (Å²) in [6, 6.07) is -0.623. The number of thiophene rings is 1. The molecule has 1 aromatic heterocycles. The van der Waals surface area contributed by atoms with Gasteiger partial charge in [-0.1, -0.05) is 6.92 Å². The smallest absolute Gasteiger partial charge is 0.341 e. The molecule has 0 unspecified atom stereocenters. The van der Waals surface area contributed by atoms with Crippen LogP contribution in [0.25, 0.3) is 0 Å². The highest BCUT2D eigenvalue weighted by molar-refractivity contribution is 7.16. The van der Waals surface area contributed by atoms with Crippen LogP contribution in [0.2, 0.25) is 0 Å². The summed E-state index contributed by atoms with van der Waals surface area (Å²) in [5, 5.41) is 3.22. The maximum Gasteiger partial charge on any atom is 0.341 e. The molecule has 0 aliphatic carbocycles. The van der Waals surface area contributed by atoms with Gasteiger partial charge in [-0.2, -0.15) is 0 Å². The zero-order chi connectivity index (χ0) is 14.6. The Labute approximate surface area is 129 Å². The highest BCUT2D eigenvalue weighted by atomic mass is 35.5. The van der Waals surface area contributed by atoms with Crippen molar-refractivity contribution in [1.29, 1.82) is 0 Å². The van der Waals surface area contributed by atoms with Crippen molar-refractivity contribution in [2.45, 2.75) is 40.2 Å². The lowest BCUT2D eigenvalue weighted by molar-refractivity contribution is -0.117. The molecule has 20 heavy (non-hydrogen) atoms. The molecule has 1 atom stereocenters. The molecule has 0 aliphatic rings. The first-order chi connectivity index (χ1) is 8.92. The van der Waals surface area contributed by atoms with Crippen LogP contribution in [0.15, 0.2) is 0 Å². The van der Waals surface area contributed by atoms with E-state index in [-0.39, 0.29) is 18.3 Å². The van der Waals surface area contributed by atoms with Crippen molar-refractivity contribution in [2.75, 3.05) is 11.9 Å². The van der Waals surface area contributed by atoms with E-state index in [0.29, 0.717) is 23.6 Å². The molecular weight excluding hydrogens is 300 g/mol. The summed E-state index contributed by atoms with van der Waals surface area (Å²) in [7, 11) is 0. The van der Waals surface area contributed by atoms with Crippen molar-refractivity contribution in [3.05, 3.63) is 16.0 Å². The van der Waals surface area contributed by atoms with Crippen LogP contribution in [0, 0.1) is 6.92 Å². The van der Waals surface area contributed by atoms with E-state index in [4.69, 9.17) is 10.5 Å². The van der Waals surface area contributed by atoms with Gasteiger partial charge in [-0.15, -0.1) is 23.7 Å². The molecule has 0 saturated heterocycles. The largest absolute Gasteiger partial charge is 0.462 e. The predicted octanol–water partition coefficient (Wildman–Crippen LogP) is 2.50. The number of nitrogens with one attached hydrogen (secondary N) is 1. The van der Waals surface area contributed by atoms with Crippen LogP contribution in [0.5, 0.6) is 0 Å². The maximum atomic E-state index is 12.0. The van der Waals surface area contributed by atoms with Gasteiger partial charge in [0.25, 0.3) is 0 Å². The number of aryl methyl sites for hydroxylation is 1. The standard InChI is InChI=1S/C13H20N2O3S.ClH/c1-5-9-8(4)19-12(15-11(16)7(3)14)10(9)13(17)18-6-2;/h7H,5-6,14H2,1-4H3,(H,15,16);1H/t7-;/m0./s1. The highest BCUT2D eigenvalue weighted by Gasteiger charge is 2.23. The predicted molar refractivity (Wildman–Crippen MR) is 83.9 cm³/mol. The normalized spacial score (nSPS) is 11.4. The number of carbonyl (C=O) groups is 2. The molecule has 1 rings (SSSR count). The summed E-state index contributed by atoms with van der Waals surface area (Å²) in [5.41, 5.74) is 6.90. The lowest BCUT2D eigenvalue weighted by atomic mass is 10.1. The molecule has 1 amide bonds. The fraction of sp³-hybridized carbons (Fsp3) is 0.538. The molecule has 1 heterocycles. The van der Waals surface area contributed by atoms with Gasteiger partial charge in [-0.05, 0) is 32.8 Å². The average Bonchev–Trinajstić information content (AvgIpc) is 2.65. The molecule has 7 heteroatoms. The SMILES string of the molecule is CCOC(=O)c1c(NC(=O)[C@H](C)N)sc(C)c1CC.Cl. The van der Waals surface area contributed by atoms with Gasteiger partial charge in [-0.25, -0.2) is 4.79 Å². The fourth-order valence-corrected chi connectivity index (χ4v) is 2.87. The Kier molecular flexibility index (Phi) is 7.78. The van der Waals surface area contributed by atoms with Gasteiger partial charge in [0.15, 0.2) is 0 Å². The summed E-state index contributed by atoms with van der Waals surface area (Å²) in [4.78, 5) is 24.7. The molecular formula is C13H21ClN2O3S. The van der Waals surface area contributed by atoms with E-state index in [1.54, 1.807) is 13.8 Å². The van der Waals surface area contributed by atoms with Crippen molar-refractivity contribution in [3.63, 3.8) is 0 Å². The van der Waals surface area contributed by atoms with Crippen LogP contribution in [-0.2, 0) is 16.0 Å². The fourth-order valence-electron chi connectivity index (χ4n) is 1.74. The van der Waals surface area contributed by atoms with Crippen LogP contribution < -0.4 is 11.1 Å². The van der Waals surface area contributed by atoms with Crippen LogP contribution in [0.4, 0.5) is 5.00 Å². The third-order valence-corrected chi connectivity index (χ3v) is 3.76. The van der Waals surface area contributed by atoms with Gasteiger partial charge in [0.1, 0.15) is 5.00 Å². The van der Waals surface area contributed by atoms with Gasteiger partial charge < -0.3 is 15.8 Å². The number of ether oxygens (including phenoxy) is 1. The minimum absolute atomic E-state index is 0. The van der Waals surface area contributed by atoms with Crippen molar-refractivity contribution < 1.29 is 14.3 Å². The third kappa shape index (κ3) is 4.19. The Morgan fingerprint density at radius 1 is 1.40 bits per heavy atom. The van der Waals surface area contributed by atoms with Crippen molar-refractivity contribution >= 4 is 40.6 Å². The lowest BCUT2D eigenvalue weighted by Crippen LogP contribution is -2.32. The Hall–Kier alpha value is -1.11. The topological polar surface area (TPSA) is 81.4 Å². The van der Waals surface area contributed by atoms with E-state index in [1.807, 2.05) is 13.8 Å². The maximum absolute atomic E-state index is 12.0. The molecule has 0 radical (unpaired) electrons. The van der Waals surface area contributed by atoms with E-state index < -0.39 is 12.0 Å². The second-order valence-electron chi connectivity index (χ2n) is 4.19. The van der Waals surface area contributed by atoms with Crippen LogP contribution in [0.3, 0.4) is 0 Å². The van der Waals surface area contributed by atoms with E-state index in [1.165, 1.54) is 11.3 Å². The first-order valence-corrected chi connectivity index (χ1v) is 7.09. The Morgan fingerprint density at radius 2 is 2.00 bits per heavy atom. The number of hydrogen-bond acceptors (Lipinski definition) is 5. The van der Waals surface area contributed by atoms with Gasteiger partial charge in [0, 0.05) is 4.88 Å². The number of rotatable bonds is 5. The number of amides is 1. The molecule has 0 spiro atoms. The van der Waals surface area contributed by atoms with Gasteiger partial charge in [0.05, 0.1) is 18.2 Å². The van der Waals surface area contributed by atoms with E-state index in [0.717, 1.165) is 10.4 Å². The van der Waals surface area contributed by atoms with E-state index in [9.17, 15) is 9.59 Å². The Balaban J connectivity index is 0.00000361. The molecule has 5 nitrogen and oxygen atoms in total. The van der Waals surface area contributed by atoms with Crippen molar-refractivity contribution in [2.24, 2.45) is 5.73 Å². The minimum atomic E-state index is -0.623. The molecule has 0 bridgehead atoms. The van der Waals surface area contributed by atoms with Crippen LogP contribution >= 0.6 is 23.7 Å². The second-order valence-corrected chi connectivity index (χ2v) is 5.42. The summed E-state index contributed by atoms with van der Waals surface area (Å²) in [6.07, 6.45) is 0.713. The zero-order valence-electron chi connectivity index (χ0n) is 12.1. The molecule has 0 fully saturated rings. The molecule has 0 saturated carbocycles. The minimum Gasteiger partial charge on any atom is -0.462 e. The third-order valence-electron chi connectivity index (χ3n) is 2.69. The van der Waals surface area contributed by atoms with Gasteiger partial charge >= 0.3 is 5.97 Å². The Bertz CT molecular complexity index is 486. The molecule has 3 N–H and O–H groups in total. The highest BCUT2D eigenvalue weighted by Crippen LogP contribution is 2.34. The van der Waals surface area contributed by atoms with Crippen molar-refractivity contribution in [3.8, 4) is 0 Å². The number of esters is 1. The summed E-state index contributed by atoms with van der Waals surface area (Å²) >= 11 is 1.38. The Morgan fingerprint density at radius 3 is 2.45 bits per heavy atom. The summed E-state index contributed by atoms with van der Waals surface area (Å²) < 4.78 is 5.05. The molecule has 114 valence electrons. The van der Waals surface area contributed by atoms with E-state index >= 15 is 0 Å². The van der Waals surface area contributed by atoms with Gasteiger partial charge in [0.2, 0.25) is 5.91 Å². The van der Waals surface area contributed by atoms with Crippen LogP contribution in [-0.4, -0.2) is 24.5 Å². The first kappa shape index (κ1) is 18.9. The van der Waals surface area contributed by atoms with E-state index in [2.05, 4.69) is 5.32 Å². The second kappa shape index (κ2) is 8.24. The summed E-state index contributed by atoms with van der Waals surface area (Å²) in [5.74, 6) is -0.710. The molecule has 0 aliphatic heterocycles. The monoisotopic (exact) mass is 320 g/mol. The van der Waals surface area contributed by atoms with Crippen LogP contribution in [0.1, 0.15) is 41.6 Å². The van der Waals surface area contributed by atoms with Gasteiger partial charge in [-0.3, -0.25) is 4.79 Å². The number of hydrogen-bond donors (Lipinski definition) is 2. The van der Waals surface area contributed by atoms with Crippen molar-refractivity contribution in [1.82, 2.24) is 0 Å². The zero-order valence-corrected chi connectivity index (χ0v) is 13.7. The quantitative estimate of drug-likeness (QED) is 0.817. The average molecular weight is 321 g/mol. The first-order valence-electron chi connectivity index (χ1n) is 6.28.